The summed E-state index contributed by atoms with van der Waals surface area (Å²) < 4.78 is 7.15. The molecule has 0 saturated carbocycles. The van der Waals surface area contributed by atoms with E-state index >= 15 is 0 Å². The molecule has 148 valence electrons. The first-order valence-electron chi connectivity index (χ1n) is 9.26. The van der Waals surface area contributed by atoms with Crippen LogP contribution < -0.4 is 5.32 Å². The van der Waals surface area contributed by atoms with E-state index in [1.54, 1.807) is 30.5 Å². The molecule has 3 aromatic rings. The van der Waals surface area contributed by atoms with Crippen molar-refractivity contribution in [3.63, 3.8) is 0 Å². The number of hydrogen-bond donors (Lipinski definition) is 1. The molecule has 28 heavy (non-hydrogen) atoms. The molecule has 0 aliphatic carbocycles. The lowest BCUT2D eigenvalue weighted by molar-refractivity contribution is 0.0466. The molecule has 8 heteroatoms. The van der Waals surface area contributed by atoms with Crippen molar-refractivity contribution in [2.75, 3.05) is 31.6 Å². The summed E-state index contributed by atoms with van der Waals surface area (Å²) >= 11 is 1.53. The number of benzene rings is 1. The van der Waals surface area contributed by atoms with Gasteiger partial charge in [-0.15, -0.1) is 11.3 Å². The Balaban J connectivity index is 1.55. The maximum absolute atomic E-state index is 12.4. The van der Waals surface area contributed by atoms with Crippen LogP contribution in [0, 0.1) is 6.92 Å². The second-order valence-electron chi connectivity index (χ2n) is 6.35. The molecule has 0 bridgehead atoms. The summed E-state index contributed by atoms with van der Waals surface area (Å²) in [7, 11) is 0. The number of nitrogens with one attached hydrogen (secondary N) is 1. The molecule has 0 unspecified atom stereocenters. The molecular formula is C20H24N4O3S. The number of aryl methyl sites for hydroxylation is 1. The van der Waals surface area contributed by atoms with E-state index in [0.29, 0.717) is 30.1 Å². The number of imidazole rings is 1. The van der Waals surface area contributed by atoms with Crippen LogP contribution in [-0.2, 0) is 4.74 Å². The number of esters is 1. The van der Waals surface area contributed by atoms with E-state index in [1.807, 2.05) is 17.5 Å². The van der Waals surface area contributed by atoms with Crippen molar-refractivity contribution < 1.29 is 14.3 Å². The highest BCUT2D eigenvalue weighted by atomic mass is 32.1. The lowest BCUT2D eigenvalue weighted by Crippen LogP contribution is -2.27. The summed E-state index contributed by atoms with van der Waals surface area (Å²) in [6, 6.07) is 6.65. The fourth-order valence-electron chi connectivity index (χ4n) is 2.80. The first-order valence-corrected chi connectivity index (χ1v) is 10.1. The van der Waals surface area contributed by atoms with Gasteiger partial charge in [-0.3, -0.25) is 9.20 Å². The molecule has 0 aliphatic heterocycles. The SMILES string of the molecule is CCN(CC)CCOC(=O)c1ccc(NC(=O)c2cn3cc(C)sc3n2)cc1. The minimum atomic E-state index is -0.366. The van der Waals surface area contributed by atoms with Gasteiger partial charge in [0.1, 0.15) is 12.3 Å². The Bertz CT molecular complexity index is 926. The molecule has 0 fully saturated rings. The number of ether oxygens (including phenoxy) is 1. The summed E-state index contributed by atoms with van der Waals surface area (Å²) in [6.45, 7) is 9.08. The quantitative estimate of drug-likeness (QED) is 0.586. The monoisotopic (exact) mass is 400 g/mol. The number of rotatable bonds is 8. The van der Waals surface area contributed by atoms with Crippen molar-refractivity contribution in [2.45, 2.75) is 20.8 Å². The Morgan fingerprint density at radius 2 is 1.89 bits per heavy atom. The number of fused-ring (bicyclic) bond motifs is 1. The van der Waals surface area contributed by atoms with Crippen molar-refractivity contribution in [1.82, 2.24) is 14.3 Å². The van der Waals surface area contributed by atoms with Gasteiger partial charge in [-0.25, -0.2) is 9.78 Å². The van der Waals surface area contributed by atoms with Gasteiger partial charge >= 0.3 is 5.97 Å². The molecule has 2 heterocycles. The van der Waals surface area contributed by atoms with Crippen LogP contribution in [0.4, 0.5) is 5.69 Å². The van der Waals surface area contributed by atoms with Crippen LogP contribution in [-0.4, -0.2) is 52.4 Å². The first kappa shape index (κ1) is 20.0. The average Bonchev–Trinajstić information content (AvgIpc) is 3.23. The van der Waals surface area contributed by atoms with E-state index < -0.39 is 0 Å². The summed E-state index contributed by atoms with van der Waals surface area (Å²) in [5, 5.41) is 2.79. The lowest BCUT2D eigenvalue weighted by Gasteiger charge is -2.17. The Morgan fingerprint density at radius 1 is 1.18 bits per heavy atom. The van der Waals surface area contributed by atoms with Crippen LogP contribution in [0.2, 0.25) is 0 Å². The van der Waals surface area contributed by atoms with E-state index in [4.69, 9.17) is 4.74 Å². The number of nitrogens with zero attached hydrogens (tertiary/aromatic N) is 3. The standard InChI is InChI=1S/C20H24N4O3S/c1-4-23(5-2)10-11-27-19(26)15-6-8-16(9-7-15)21-18(25)17-13-24-12-14(3)28-20(24)22-17/h6-9,12-13H,4-5,10-11H2,1-3H3,(H,21,25). The fourth-order valence-corrected chi connectivity index (χ4v) is 3.60. The topological polar surface area (TPSA) is 75.9 Å². The van der Waals surface area contributed by atoms with E-state index in [1.165, 1.54) is 11.3 Å². The number of likely N-dealkylation sites (N-methyl/N-ethyl adjacent to an activating group) is 1. The Hall–Kier alpha value is -2.71. The van der Waals surface area contributed by atoms with Crippen LogP contribution in [0.1, 0.15) is 39.6 Å². The van der Waals surface area contributed by atoms with Gasteiger partial charge in [0.25, 0.3) is 5.91 Å². The molecule has 7 nitrogen and oxygen atoms in total. The van der Waals surface area contributed by atoms with Crippen LogP contribution in [0.15, 0.2) is 36.7 Å². The van der Waals surface area contributed by atoms with E-state index in [9.17, 15) is 9.59 Å². The minimum Gasteiger partial charge on any atom is -0.461 e. The van der Waals surface area contributed by atoms with Crippen molar-refractivity contribution in [3.05, 3.63) is 52.8 Å². The Morgan fingerprint density at radius 3 is 2.54 bits per heavy atom. The third kappa shape index (κ3) is 4.76. The molecule has 0 atom stereocenters. The fraction of sp³-hybridized carbons (Fsp3) is 0.350. The van der Waals surface area contributed by atoms with Gasteiger partial charge in [-0.05, 0) is 44.3 Å². The summed E-state index contributed by atoms with van der Waals surface area (Å²) in [5.74, 6) is -0.655. The Labute approximate surface area is 167 Å². The van der Waals surface area contributed by atoms with Crippen molar-refractivity contribution in [1.29, 1.82) is 0 Å². The van der Waals surface area contributed by atoms with Crippen LogP contribution in [0.25, 0.3) is 4.96 Å². The second-order valence-corrected chi connectivity index (χ2v) is 7.57. The van der Waals surface area contributed by atoms with Crippen LogP contribution in [0.5, 0.6) is 0 Å². The number of carbonyl (C=O) groups excluding carboxylic acids is 2. The zero-order valence-electron chi connectivity index (χ0n) is 16.3. The smallest absolute Gasteiger partial charge is 0.338 e. The third-order valence-electron chi connectivity index (χ3n) is 4.42. The summed E-state index contributed by atoms with van der Waals surface area (Å²) in [4.78, 5) is 32.9. The van der Waals surface area contributed by atoms with Crippen molar-refractivity contribution in [3.8, 4) is 0 Å². The zero-order chi connectivity index (χ0) is 20.1. The third-order valence-corrected chi connectivity index (χ3v) is 5.33. The second kappa shape index (κ2) is 8.99. The predicted octanol–water partition coefficient (Wildman–Crippen LogP) is 3.46. The molecule has 0 spiro atoms. The number of carbonyl (C=O) groups is 2. The highest BCUT2D eigenvalue weighted by Gasteiger charge is 2.13. The molecule has 1 amide bonds. The minimum absolute atomic E-state index is 0.289. The normalized spacial score (nSPS) is 11.1. The summed E-state index contributed by atoms with van der Waals surface area (Å²) in [5.41, 5.74) is 1.40. The lowest BCUT2D eigenvalue weighted by atomic mass is 10.2. The number of amides is 1. The molecule has 1 aromatic carbocycles. The van der Waals surface area contributed by atoms with E-state index in [0.717, 1.165) is 22.9 Å². The van der Waals surface area contributed by atoms with Gasteiger partial charge in [0, 0.05) is 29.5 Å². The zero-order valence-corrected chi connectivity index (χ0v) is 17.1. The Kier molecular flexibility index (Phi) is 6.43. The van der Waals surface area contributed by atoms with Gasteiger partial charge in [0.2, 0.25) is 0 Å². The molecule has 3 rings (SSSR count). The molecule has 2 aromatic heterocycles. The number of thiazole rings is 1. The van der Waals surface area contributed by atoms with Crippen LogP contribution in [0.3, 0.4) is 0 Å². The van der Waals surface area contributed by atoms with E-state index in [2.05, 4.69) is 29.0 Å². The van der Waals surface area contributed by atoms with Gasteiger partial charge < -0.3 is 15.0 Å². The average molecular weight is 401 g/mol. The van der Waals surface area contributed by atoms with Crippen molar-refractivity contribution in [2.24, 2.45) is 0 Å². The van der Waals surface area contributed by atoms with Gasteiger partial charge in [0.15, 0.2) is 4.96 Å². The predicted molar refractivity (Wildman–Crippen MR) is 110 cm³/mol. The molecule has 0 radical (unpaired) electrons. The molecule has 0 saturated heterocycles. The molecule has 1 N–H and O–H groups in total. The van der Waals surface area contributed by atoms with Gasteiger partial charge in [0.05, 0.1) is 5.56 Å². The van der Waals surface area contributed by atoms with Gasteiger partial charge in [-0.1, -0.05) is 13.8 Å². The maximum atomic E-state index is 12.4. The summed E-state index contributed by atoms with van der Waals surface area (Å²) in [6.07, 6.45) is 3.64. The number of aromatic nitrogens is 2. The highest BCUT2D eigenvalue weighted by Crippen LogP contribution is 2.18. The number of anilines is 1. The molecule has 0 aliphatic rings. The van der Waals surface area contributed by atoms with Crippen molar-refractivity contribution >= 4 is 33.9 Å². The first-order chi connectivity index (χ1) is 13.5. The van der Waals surface area contributed by atoms with E-state index in [-0.39, 0.29) is 11.9 Å². The molecular weight excluding hydrogens is 376 g/mol. The largest absolute Gasteiger partial charge is 0.461 e. The van der Waals surface area contributed by atoms with Gasteiger partial charge in [-0.2, -0.15) is 0 Å². The number of hydrogen-bond acceptors (Lipinski definition) is 6. The van der Waals surface area contributed by atoms with Crippen LogP contribution >= 0.6 is 11.3 Å². The highest BCUT2D eigenvalue weighted by molar-refractivity contribution is 7.17. The maximum Gasteiger partial charge on any atom is 0.338 e.